The number of hydrogen-bond donors (Lipinski definition) is 1. The number of benzene rings is 2. The average molecular weight is 195 g/mol. The summed E-state index contributed by atoms with van der Waals surface area (Å²) in [7, 11) is 0. The van der Waals surface area contributed by atoms with Crippen LogP contribution in [0.1, 0.15) is 0 Å². The largest absolute Gasteiger partial charge is 0.507 e. The molecule has 68 valence electrons. The fraction of sp³-hybridized carbons (Fsp3) is 0.0909. The van der Waals surface area contributed by atoms with E-state index < -0.39 is 0 Å². The first-order valence-corrected chi connectivity index (χ1v) is 4.68. The average Bonchev–Trinajstić information content (AvgIpc) is 2.22. The lowest BCUT2D eigenvalue weighted by molar-refractivity contribution is 0.481. The van der Waals surface area contributed by atoms with Gasteiger partial charge in [-0.25, -0.2) is 0 Å². The molecule has 0 atom stereocenters. The maximum atomic E-state index is 9.37. The lowest BCUT2D eigenvalue weighted by Crippen LogP contribution is -1.70. The second kappa shape index (κ2) is 4.73. The molecule has 0 aromatic heterocycles. The quantitative estimate of drug-likeness (QED) is 0.638. The van der Waals surface area contributed by atoms with Crippen LogP contribution in [0.25, 0.3) is 10.8 Å². The molecule has 0 fully saturated rings. The zero-order valence-corrected chi connectivity index (χ0v) is 8.12. The van der Waals surface area contributed by atoms with Gasteiger partial charge in [-0.15, -0.1) is 11.6 Å². The molecule has 0 spiro atoms. The van der Waals surface area contributed by atoms with Crippen molar-refractivity contribution < 1.29 is 5.11 Å². The Morgan fingerprint density at radius 2 is 1.54 bits per heavy atom. The summed E-state index contributed by atoms with van der Waals surface area (Å²) in [5, 5.41) is 11.4. The molecule has 0 unspecified atom stereocenters. The van der Waals surface area contributed by atoms with Gasteiger partial charge in [-0.2, -0.15) is 0 Å². The van der Waals surface area contributed by atoms with Gasteiger partial charge in [-0.1, -0.05) is 36.4 Å². The molecule has 0 saturated carbocycles. The van der Waals surface area contributed by atoms with Crippen molar-refractivity contribution in [2.45, 2.75) is 0 Å². The summed E-state index contributed by atoms with van der Waals surface area (Å²) in [5.41, 5.74) is 0. The van der Waals surface area contributed by atoms with Gasteiger partial charge >= 0.3 is 0 Å². The van der Waals surface area contributed by atoms with Gasteiger partial charge in [0.05, 0.1) is 0 Å². The zero-order chi connectivity index (χ0) is 9.68. The van der Waals surface area contributed by atoms with E-state index in [4.69, 9.17) is 0 Å². The van der Waals surface area contributed by atoms with Crippen molar-refractivity contribution >= 4 is 22.4 Å². The van der Waals surface area contributed by atoms with Crippen LogP contribution in [0.5, 0.6) is 5.75 Å². The molecule has 0 aliphatic rings. The van der Waals surface area contributed by atoms with Crippen LogP contribution < -0.4 is 0 Å². The minimum Gasteiger partial charge on any atom is -0.507 e. The van der Waals surface area contributed by atoms with Crippen molar-refractivity contribution in [2.75, 3.05) is 6.38 Å². The Balaban J connectivity index is 0.000000396. The molecule has 0 aliphatic heterocycles. The predicted molar refractivity (Wildman–Crippen MR) is 57.4 cm³/mol. The van der Waals surface area contributed by atoms with Crippen molar-refractivity contribution in [3.63, 3.8) is 0 Å². The third kappa shape index (κ3) is 2.13. The Morgan fingerprint density at radius 1 is 0.923 bits per heavy atom. The highest BCUT2D eigenvalue weighted by Gasteiger charge is 1.94. The fourth-order valence-corrected chi connectivity index (χ4v) is 1.21. The molecule has 0 heterocycles. The maximum Gasteiger partial charge on any atom is 0.123 e. The highest BCUT2D eigenvalue weighted by Crippen LogP contribution is 2.22. The van der Waals surface area contributed by atoms with Gasteiger partial charge in [0.1, 0.15) is 5.75 Å². The van der Waals surface area contributed by atoms with Crippen LogP contribution in [0, 0.1) is 0 Å². The van der Waals surface area contributed by atoms with Crippen LogP contribution in [-0.2, 0) is 0 Å². The first-order chi connectivity index (χ1) is 6.38. The van der Waals surface area contributed by atoms with Crippen molar-refractivity contribution in [3.05, 3.63) is 42.5 Å². The molecule has 2 rings (SSSR count). The Kier molecular flexibility index (Phi) is 3.59. The molecule has 2 aromatic carbocycles. The first kappa shape index (κ1) is 9.87. The number of phenolic OH excluding ortho intramolecular Hbond substituents is 1. The summed E-state index contributed by atoms with van der Waals surface area (Å²) in [6.45, 7) is 0. The minimum absolute atomic E-state index is 0.350. The number of fused-ring (bicyclic) bond motifs is 1. The number of phenols is 1. The van der Waals surface area contributed by atoms with E-state index in [1.165, 1.54) is 6.38 Å². The summed E-state index contributed by atoms with van der Waals surface area (Å²) < 4.78 is 0. The van der Waals surface area contributed by atoms with Crippen molar-refractivity contribution in [2.24, 2.45) is 0 Å². The first-order valence-electron chi connectivity index (χ1n) is 3.92. The highest BCUT2D eigenvalue weighted by molar-refractivity contribution is 6.15. The molecule has 1 nitrogen and oxygen atoms in total. The van der Waals surface area contributed by atoms with Gasteiger partial charge < -0.3 is 5.11 Å². The van der Waals surface area contributed by atoms with Crippen LogP contribution in [0.3, 0.4) is 0 Å². The fourth-order valence-electron chi connectivity index (χ4n) is 1.21. The highest BCUT2D eigenvalue weighted by atomic mass is 35.5. The van der Waals surface area contributed by atoms with Crippen LogP contribution in [0.15, 0.2) is 42.5 Å². The van der Waals surface area contributed by atoms with Gasteiger partial charge in [0.2, 0.25) is 0 Å². The summed E-state index contributed by atoms with van der Waals surface area (Å²) in [5.74, 6) is 0.350. The van der Waals surface area contributed by atoms with Gasteiger partial charge in [-0.3, -0.25) is 0 Å². The third-order valence-corrected chi connectivity index (χ3v) is 1.77. The molecule has 0 bridgehead atoms. The van der Waals surface area contributed by atoms with Gasteiger partial charge in [-0.05, 0) is 11.5 Å². The lowest BCUT2D eigenvalue weighted by Gasteiger charge is -1.97. The van der Waals surface area contributed by atoms with E-state index in [0.717, 1.165) is 10.8 Å². The molecule has 0 aliphatic carbocycles. The van der Waals surface area contributed by atoms with E-state index >= 15 is 0 Å². The van der Waals surface area contributed by atoms with Crippen LogP contribution in [0.2, 0.25) is 0 Å². The monoisotopic (exact) mass is 194 g/mol. The number of rotatable bonds is 0. The van der Waals surface area contributed by atoms with E-state index in [-0.39, 0.29) is 0 Å². The Labute approximate surface area is 82.6 Å². The summed E-state index contributed by atoms with van der Waals surface area (Å²) in [4.78, 5) is 0. The van der Waals surface area contributed by atoms with E-state index in [1.807, 2.05) is 36.4 Å². The number of hydrogen-bond acceptors (Lipinski definition) is 1. The molecule has 2 aromatic rings. The maximum absolute atomic E-state index is 9.37. The van der Waals surface area contributed by atoms with Crippen molar-refractivity contribution in [1.82, 2.24) is 0 Å². The summed E-state index contributed by atoms with van der Waals surface area (Å²) in [6.07, 6.45) is 1.47. The Morgan fingerprint density at radius 3 is 2.23 bits per heavy atom. The standard InChI is InChI=1S/C10H8O.CH3Cl/c11-10-7-3-5-8-4-1-2-6-9(8)10;1-2/h1-7,11H;1H3. The smallest absolute Gasteiger partial charge is 0.123 e. The zero-order valence-electron chi connectivity index (χ0n) is 7.37. The molecule has 13 heavy (non-hydrogen) atoms. The van der Waals surface area contributed by atoms with Gasteiger partial charge in [0.15, 0.2) is 0 Å². The second-order valence-corrected chi connectivity index (χ2v) is 2.50. The third-order valence-electron chi connectivity index (χ3n) is 1.77. The second-order valence-electron chi connectivity index (χ2n) is 2.50. The summed E-state index contributed by atoms with van der Waals surface area (Å²) >= 11 is 4.64. The van der Waals surface area contributed by atoms with Crippen molar-refractivity contribution in [3.8, 4) is 5.75 Å². The number of alkyl halides is 1. The van der Waals surface area contributed by atoms with Crippen molar-refractivity contribution in [1.29, 1.82) is 0 Å². The molecule has 2 heteroatoms. The molecule has 0 amide bonds. The number of aromatic hydroxyl groups is 1. The normalized spacial score (nSPS) is 9.08. The van der Waals surface area contributed by atoms with E-state index in [0.29, 0.717) is 5.75 Å². The lowest BCUT2D eigenvalue weighted by atomic mass is 10.1. The topological polar surface area (TPSA) is 20.2 Å². The number of halogens is 1. The van der Waals surface area contributed by atoms with Crippen LogP contribution >= 0.6 is 11.6 Å². The van der Waals surface area contributed by atoms with Crippen LogP contribution in [0.4, 0.5) is 0 Å². The molecule has 0 radical (unpaired) electrons. The molecule has 1 N–H and O–H groups in total. The van der Waals surface area contributed by atoms with E-state index in [2.05, 4.69) is 11.6 Å². The summed E-state index contributed by atoms with van der Waals surface area (Å²) in [6, 6.07) is 13.3. The SMILES string of the molecule is CCl.Oc1cccc2ccccc12. The molecular formula is C11H11ClO. The predicted octanol–water partition coefficient (Wildman–Crippen LogP) is 3.40. The van der Waals surface area contributed by atoms with E-state index in [1.54, 1.807) is 6.07 Å². The minimum atomic E-state index is 0.350. The van der Waals surface area contributed by atoms with Gasteiger partial charge in [0, 0.05) is 11.8 Å². The molecule has 0 saturated heterocycles. The Bertz CT molecular complexity index is 379. The van der Waals surface area contributed by atoms with E-state index in [9.17, 15) is 5.11 Å². The molecular weight excluding hydrogens is 184 g/mol. The van der Waals surface area contributed by atoms with Crippen LogP contribution in [-0.4, -0.2) is 11.5 Å². The Hall–Kier alpha value is -1.21. The van der Waals surface area contributed by atoms with Gasteiger partial charge in [0.25, 0.3) is 0 Å².